The molecule has 3 aromatic carbocycles. The van der Waals surface area contributed by atoms with E-state index < -0.39 is 11.6 Å². The average molecular weight is 468 g/mol. The highest BCUT2D eigenvalue weighted by atomic mass is 16.5. The summed E-state index contributed by atoms with van der Waals surface area (Å²) in [5, 5.41) is 9.17. The van der Waals surface area contributed by atoms with Crippen molar-refractivity contribution in [2.24, 2.45) is 0 Å². The highest BCUT2D eigenvalue weighted by Crippen LogP contribution is 2.40. The number of rotatable bonds is 7. The first-order valence-corrected chi connectivity index (χ1v) is 12.0. The number of nitrogens with zero attached hydrogens (tertiary/aromatic N) is 3. The van der Waals surface area contributed by atoms with Crippen LogP contribution < -0.4 is 0 Å². The monoisotopic (exact) mass is 467 g/mol. The zero-order valence-corrected chi connectivity index (χ0v) is 19.5. The largest absolute Gasteiger partial charge is 0.465 e. The van der Waals surface area contributed by atoms with E-state index in [9.17, 15) is 4.79 Å². The van der Waals surface area contributed by atoms with E-state index in [0.29, 0.717) is 32.5 Å². The van der Waals surface area contributed by atoms with Gasteiger partial charge < -0.3 is 19.3 Å². The van der Waals surface area contributed by atoms with Crippen LogP contribution in [0.15, 0.2) is 104 Å². The van der Waals surface area contributed by atoms with Crippen LogP contribution in [0.1, 0.15) is 35.2 Å². The number of carboxylic acid groups (broad SMARTS) is 1. The van der Waals surface area contributed by atoms with Gasteiger partial charge in [0, 0.05) is 19.3 Å². The number of amides is 1. The van der Waals surface area contributed by atoms with Gasteiger partial charge in [-0.05, 0) is 29.5 Å². The first-order chi connectivity index (χ1) is 17.2. The summed E-state index contributed by atoms with van der Waals surface area (Å²) < 4.78 is 8.32. The van der Waals surface area contributed by atoms with E-state index >= 15 is 0 Å². The second-order valence-electron chi connectivity index (χ2n) is 8.86. The van der Waals surface area contributed by atoms with Crippen LogP contribution in [0.5, 0.6) is 0 Å². The molecule has 1 N–H and O–H groups in total. The molecule has 0 radical (unpaired) electrons. The van der Waals surface area contributed by atoms with Crippen molar-refractivity contribution in [2.45, 2.75) is 31.1 Å². The van der Waals surface area contributed by atoms with E-state index in [4.69, 9.17) is 14.8 Å². The first kappa shape index (κ1) is 22.9. The summed E-state index contributed by atoms with van der Waals surface area (Å²) in [6.45, 7) is 1.40. The molecule has 0 atom stereocenters. The quantitative estimate of drug-likeness (QED) is 0.371. The van der Waals surface area contributed by atoms with Crippen LogP contribution in [0.4, 0.5) is 4.79 Å². The standard InChI is InChI=1S/C29H29N3O3/c33-28(34)31-18-16-27(17-19-31)35-21-26-20-32(22-30-26)29(23-10-4-1-5-11-23,24-12-6-2-7-13-24)25-14-8-3-9-15-25/h1-15,20,22,27H,16-19,21H2,(H,33,34). The van der Waals surface area contributed by atoms with Gasteiger partial charge in [0.25, 0.3) is 0 Å². The van der Waals surface area contributed by atoms with Gasteiger partial charge in [-0.1, -0.05) is 91.0 Å². The van der Waals surface area contributed by atoms with Gasteiger partial charge in [-0.15, -0.1) is 0 Å². The van der Waals surface area contributed by atoms with Crippen LogP contribution in [0.3, 0.4) is 0 Å². The van der Waals surface area contributed by atoms with Crippen LogP contribution in [0, 0.1) is 0 Å². The van der Waals surface area contributed by atoms with Gasteiger partial charge in [-0.25, -0.2) is 9.78 Å². The van der Waals surface area contributed by atoms with Crippen molar-refractivity contribution >= 4 is 6.09 Å². The Morgan fingerprint density at radius 2 is 1.34 bits per heavy atom. The van der Waals surface area contributed by atoms with Crippen LogP contribution in [-0.4, -0.2) is 44.8 Å². The average Bonchev–Trinajstić information content (AvgIpc) is 3.39. The van der Waals surface area contributed by atoms with Crippen molar-refractivity contribution < 1.29 is 14.6 Å². The topological polar surface area (TPSA) is 67.6 Å². The number of hydrogen-bond acceptors (Lipinski definition) is 3. The van der Waals surface area contributed by atoms with Crippen LogP contribution in [0.25, 0.3) is 0 Å². The zero-order chi connectivity index (χ0) is 24.1. The van der Waals surface area contributed by atoms with Gasteiger partial charge >= 0.3 is 6.09 Å². The number of imidazole rings is 1. The number of aromatic nitrogens is 2. The number of ether oxygens (including phenoxy) is 1. The second-order valence-corrected chi connectivity index (χ2v) is 8.86. The Hall–Kier alpha value is -3.90. The molecule has 178 valence electrons. The lowest BCUT2D eigenvalue weighted by molar-refractivity contribution is -0.000859. The second kappa shape index (κ2) is 10.2. The third kappa shape index (κ3) is 4.57. The van der Waals surface area contributed by atoms with E-state index in [1.807, 2.05) is 24.5 Å². The van der Waals surface area contributed by atoms with E-state index in [0.717, 1.165) is 22.4 Å². The highest BCUT2D eigenvalue weighted by Gasteiger charge is 2.38. The van der Waals surface area contributed by atoms with Crippen molar-refractivity contribution in [3.8, 4) is 0 Å². The Morgan fingerprint density at radius 3 is 1.80 bits per heavy atom. The molecule has 0 spiro atoms. The fraction of sp³-hybridized carbons (Fsp3) is 0.241. The van der Waals surface area contributed by atoms with E-state index in [2.05, 4.69) is 83.6 Å². The molecule has 1 aliphatic rings. The normalized spacial score (nSPS) is 14.7. The summed E-state index contributed by atoms with van der Waals surface area (Å²) in [6.07, 6.45) is 4.54. The summed E-state index contributed by atoms with van der Waals surface area (Å²) in [5.74, 6) is 0. The van der Waals surface area contributed by atoms with Crippen molar-refractivity contribution in [3.63, 3.8) is 0 Å². The van der Waals surface area contributed by atoms with E-state index in [1.165, 1.54) is 4.90 Å². The fourth-order valence-corrected chi connectivity index (χ4v) is 5.02. The molecular weight excluding hydrogens is 438 g/mol. The maximum absolute atomic E-state index is 11.2. The first-order valence-electron chi connectivity index (χ1n) is 12.0. The molecule has 1 saturated heterocycles. The summed E-state index contributed by atoms with van der Waals surface area (Å²) in [5.41, 5.74) is 3.68. The van der Waals surface area contributed by atoms with Gasteiger partial charge in [-0.2, -0.15) is 0 Å². The minimum atomic E-state index is -0.860. The SMILES string of the molecule is O=C(O)N1CCC(OCc2cn(C(c3ccccc3)(c3ccccc3)c3ccccc3)cn2)CC1. The molecule has 0 bridgehead atoms. The van der Waals surface area contributed by atoms with E-state index in [1.54, 1.807) is 0 Å². The van der Waals surface area contributed by atoms with Gasteiger partial charge in [-0.3, -0.25) is 0 Å². The van der Waals surface area contributed by atoms with Crippen LogP contribution >= 0.6 is 0 Å². The Kier molecular flexibility index (Phi) is 6.64. The third-order valence-electron chi connectivity index (χ3n) is 6.78. The lowest BCUT2D eigenvalue weighted by Crippen LogP contribution is -2.40. The van der Waals surface area contributed by atoms with Crippen molar-refractivity contribution in [3.05, 3.63) is 126 Å². The lowest BCUT2D eigenvalue weighted by Gasteiger charge is -2.37. The van der Waals surface area contributed by atoms with Gasteiger partial charge in [0.2, 0.25) is 0 Å². The maximum atomic E-state index is 11.2. The fourth-order valence-electron chi connectivity index (χ4n) is 5.02. The summed E-state index contributed by atoms with van der Waals surface area (Å²) >= 11 is 0. The molecule has 1 aliphatic heterocycles. The molecule has 2 heterocycles. The highest BCUT2D eigenvalue weighted by molar-refractivity contribution is 5.65. The van der Waals surface area contributed by atoms with E-state index in [-0.39, 0.29) is 6.10 Å². The molecule has 0 aliphatic carbocycles. The third-order valence-corrected chi connectivity index (χ3v) is 6.78. The molecule has 1 fully saturated rings. The Bertz CT molecular complexity index is 1140. The summed E-state index contributed by atoms with van der Waals surface area (Å²) in [4.78, 5) is 17.3. The van der Waals surface area contributed by atoms with Gasteiger partial charge in [0.05, 0.1) is 24.7 Å². The van der Waals surface area contributed by atoms with Gasteiger partial charge in [0.15, 0.2) is 0 Å². The number of likely N-dealkylation sites (tertiary alicyclic amines) is 1. The molecule has 4 aromatic rings. The predicted octanol–water partition coefficient (Wildman–Crippen LogP) is 5.38. The Labute approximate surface area is 205 Å². The predicted molar refractivity (Wildman–Crippen MR) is 134 cm³/mol. The molecule has 1 amide bonds. The molecule has 6 nitrogen and oxygen atoms in total. The van der Waals surface area contributed by atoms with Crippen molar-refractivity contribution in [1.29, 1.82) is 0 Å². The number of carbonyl (C=O) groups is 1. The number of hydrogen-bond donors (Lipinski definition) is 1. The van der Waals surface area contributed by atoms with Crippen molar-refractivity contribution in [2.75, 3.05) is 13.1 Å². The Morgan fingerprint density at radius 1 is 0.857 bits per heavy atom. The minimum absolute atomic E-state index is 0.0397. The Balaban J connectivity index is 1.49. The summed E-state index contributed by atoms with van der Waals surface area (Å²) in [6, 6.07) is 31.5. The molecule has 0 saturated carbocycles. The molecule has 0 unspecified atom stereocenters. The molecular formula is C29H29N3O3. The minimum Gasteiger partial charge on any atom is -0.465 e. The summed E-state index contributed by atoms with van der Waals surface area (Å²) in [7, 11) is 0. The molecule has 35 heavy (non-hydrogen) atoms. The number of benzene rings is 3. The molecule has 6 heteroatoms. The smallest absolute Gasteiger partial charge is 0.407 e. The maximum Gasteiger partial charge on any atom is 0.407 e. The molecule has 1 aromatic heterocycles. The van der Waals surface area contributed by atoms with Crippen LogP contribution in [0.2, 0.25) is 0 Å². The van der Waals surface area contributed by atoms with Crippen LogP contribution in [-0.2, 0) is 16.9 Å². The zero-order valence-electron chi connectivity index (χ0n) is 19.5. The van der Waals surface area contributed by atoms with Crippen molar-refractivity contribution in [1.82, 2.24) is 14.5 Å². The molecule has 5 rings (SSSR count). The number of piperidine rings is 1. The van der Waals surface area contributed by atoms with Gasteiger partial charge in [0.1, 0.15) is 5.54 Å². The lowest BCUT2D eigenvalue weighted by atomic mass is 9.77.